The van der Waals surface area contributed by atoms with Crippen molar-refractivity contribution in [3.8, 4) is 5.75 Å². The first-order chi connectivity index (χ1) is 13.9. The highest BCUT2D eigenvalue weighted by Crippen LogP contribution is 2.15. The van der Waals surface area contributed by atoms with Crippen molar-refractivity contribution >= 4 is 27.7 Å². The van der Waals surface area contributed by atoms with Gasteiger partial charge >= 0.3 is 0 Å². The van der Waals surface area contributed by atoms with Gasteiger partial charge in [0.2, 0.25) is 0 Å². The highest BCUT2D eigenvalue weighted by atomic mass is 32.2. The largest absolute Gasteiger partial charge is 0.497 e. The first-order valence-electron chi connectivity index (χ1n) is 9.10. The molecule has 2 N–H and O–H groups in total. The third-order valence-corrected chi connectivity index (χ3v) is 6.29. The van der Waals surface area contributed by atoms with Crippen LogP contribution in [-0.2, 0) is 14.6 Å². The fraction of sp³-hybridized carbons (Fsp3) is 0.238. The summed E-state index contributed by atoms with van der Waals surface area (Å²) in [5, 5.41) is 5.34. The average molecular weight is 414 g/mol. The second-order valence-electron chi connectivity index (χ2n) is 6.72. The lowest BCUT2D eigenvalue weighted by Crippen LogP contribution is -2.41. The Hall–Kier alpha value is -3.13. The molecule has 3 rings (SSSR count). The molecule has 1 aliphatic rings. The molecular weight excluding hydrogens is 392 g/mol. The SMILES string of the molecule is COc1ccc(/C=C(\NC(=O)c2ccccc2)C(=O)N[C@@H]2CCS(=O)(=O)C2)cc1. The lowest BCUT2D eigenvalue weighted by atomic mass is 10.1. The van der Waals surface area contributed by atoms with E-state index in [0.717, 1.165) is 0 Å². The Morgan fingerprint density at radius 2 is 1.76 bits per heavy atom. The minimum Gasteiger partial charge on any atom is -0.497 e. The van der Waals surface area contributed by atoms with E-state index in [9.17, 15) is 18.0 Å². The maximum absolute atomic E-state index is 12.8. The van der Waals surface area contributed by atoms with Crippen LogP contribution in [0.4, 0.5) is 0 Å². The quantitative estimate of drug-likeness (QED) is 0.702. The summed E-state index contributed by atoms with van der Waals surface area (Å²) >= 11 is 0. The molecule has 29 heavy (non-hydrogen) atoms. The summed E-state index contributed by atoms with van der Waals surface area (Å²) in [4.78, 5) is 25.3. The van der Waals surface area contributed by atoms with Crippen molar-refractivity contribution in [1.29, 1.82) is 0 Å². The molecular formula is C21H22N2O5S. The summed E-state index contributed by atoms with van der Waals surface area (Å²) in [6.45, 7) is 0. The van der Waals surface area contributed by atoms with Crippen LogP contribution in [0.3, 0.4) is 0 Å². The van der Waals surface area contributed by atoms with Crippen LogP contribution in [0.1, 0.15) is 22.3 Å². The summed E-state index contributed by atoms with van der Waals surface area (Å²) in [5.41, 5.74) is 1.13. The van der Waals surface area contributed by atoms with Crippen molar-refractivity contribution in [3.05, 3.63) is 71.4 Å². The van der Waals surface area contributed by atoms with Crippen molar-refractivity contribution in [3.63, 3.8) is 0 Å². The molecule has 0 aromatic heterocycles. The van der Waals surface area contributed by atoms with Crippen LogP contribution in [0.25, 0.3) is 6.08 Å². The van der Waals surface area contributed by atoms with Gasteiger partial charge in [-0.15, -0.1) is 0 Å². The topological polar surface area (TPSA) is 102 Å². The van der Waals surface area contributed by atoms with E-state index in [0.29, 0.717) is 23.3 Å². The molecule has 1 fully saturated rings. The van der Waals surface area contributed by atoms with Gasteiger partial charge in [-0.3, -0.25) is 9.59 Å². The number of benzene rings is 2. The van der Waals surface area contributed by atoms with Crippen LogP contribution in [-0.4, -0.2) is 44.9 Å². The molecule has 2 aromatic rings. The van der Waals surface area contributed by atoms with E-state index in [1.807, 2.05) is 0 Å². The minimum atomic E-state index is -3.13. The first kappa shape index (κ1) is 20.6. The van der Waals surface area contributed by atoms with E-state index in [4.69, 9.17) is 4.74 Å². The molecule has 0 unspecified atom stereocenters. The highest BCUT2D eigenvalue weighted by molar-refractivity contribution is 7.91. The highest BCUT2D eigenvalue weighted by Gasteiger charge is 2.29. The third kappa shape index (κ3) is 5.68. The average Bonchev–Trinajstić information content (AvgIpc) is 3.06. The van der Waals surface area contributed by atoms with Crippen LogP contribution in [0.5, 0.6) is 5.75 Å². The number of amides is 2. The lowest BCUT2D eigenvalue weighted by Gasteiger charge is -2.14. The Bertz CT molecular complexity index is 1010. The Morgan fingerprint density at radius 1 is 1.07 bits per heavy atom. The zero-order chi connectivity index (χ0) is 20.9. The molecule has 1 aliphatic heterocycles. The Labute approximate surface area is 169 Å². The van der Waals surface area contributed by atoms with E-state index in [-0.39, 0.29) is 17.2 Å². The molecule has 152 valence electrons. The van der Waals surface area contributed by atoms with Crippen LogP contribution >= 0.6 is 0 Å². The monoisotopic (exact) mass is 414 g/mol. The van der Waals surface area contributed by atoms with Crippen molar-refractivity contribution < 1.29 is 22.7 Å². The van der Waals surface area contributed by atoms with Gasteiger partial charge in [0.05, 0.1) is 18.6 Å². The molecule has 1 atom stereocenters. The number of rotatable bonds is 6. The third-order valence-electron chi connectivity index (χ3n) is 4.52. The van der Waals surface area contributed by atoms with Gasteiger partial charge in [-0.25, -0.2) is 8.42 Å². The Balaban J connectivity index is 1.82. The number of ether oxygens (including phenoxy) is 1. The maximum Gasteiger partial charge on any atom is 0.268 e. The molecule has 1 saturated heterocycles. The molecule has 8 heteroatoms. The summed E-state index contributed by atoms with van der Waals surface area (Å²) in [5.74, 6) is -0.350. The second kappa shape index (κ2) is 8.91. The predicted octanol–water partition coefficient (Wildman–Crippen LogP) is 1.77. The van der Waals surface area contributed by atoms with Gasteiger partial charge in [0.15, 0.2) is 9.84 Å². The van der Waals surface area contributed by atoms with Crippen LogP contribution in [0, 0.1) is 0 Å². The molecule has 2 aromatic carbocycles. The normalized spacial score (nSPS) is 18.1. The molecule has 2 amide bonds. The standard InChI is InChI=1S/C21H22N2O5S/c1-28-18-9-7-15(8-10-18)13-19(23-20(24)16-5-3-2-4-6-16)21(25)22-17-11-12-29(26,27)14-17/h2-10,13,17H,11-12,14H2,1H3,(H,22,25)(H,23,24)/b19-13-/t17-/m1/s1. The Morgan fingerprint density at radius 3 is 2.34 bits per heavy atom. The molecule has 0 bridgehead atoms. The van der Waals surface area contributed by atoms with Crippen molar-refractivity contribution in [2.45, 2.75) is 12.5 Å². The number of hydrogen-bond donors (Lipinski definition) is 2. The van der Waals surface area contributed by atoms with E-state index in [1.165, 1.54) is 0 Å². The first-order valence-corrected chi connectivity index (χ1v) is 10.9. The summed E-state index contributed by atoms with van der Waals surface area (Å²) in [6, 6.07) is 15.0. The number of methoxy groups -OCH3 is 1. The van der Waals surface area contributed by atoms with Gasteiger partial charge in [-0.2, -0.15) is 0 Å². The van der Waals surface area contributed by atoms with Gasteiger partial charge in [0, 0.05) is 11.6 Å². The fourth-order valence-corrected chi connectivity index (χ4v) is 4.65. The van der Waals surface area contributed by atoms with Gasteiger partial charge in [-0.05, 0) is 42.3 Å². The summed E-state index contributed by atoms with van der Waals surface area (Å²) in [7, 11) is -1.58. The van der Waals surface area contributed by atoms with Gasteiger partial charge in [0.25, 0.3) is 11.8 Å². The number of sulfone groups is 1. The Kier molecular flexibility index (Phi) is 6.33. The van der Waals surface area contributed by atoms with Crippen molar-refractivity contribution in [2.75, 3.05) is 18.6 Å². The minimum absolute atomic E-state index is 0.0355. The van der Waals surface area contributed by atoms with Gasteiger partial charge < -0.3 is 15.4 Å². The summed E-state index contributed by atoms with van der Waals surface area (Å²) in [6.07, 6.45) is 1.90. The van der Waals surface area contributed by atoms with E-state index < -0.39 is 27.7 Å². The second-order valence-corrected chi connectivity index (χ2v) is 8.95. The number of nitrogens with one attached hydrogen (secondary N) is 2. The van der Waals surface area contributed by atoms with Crippen LogP contribution < -0.4 is 15.4 Å². The van der Waals surface area contributed by atoms with E-state index in [1.54, 1.807) is 67.8 Å². The van der Waals surface area contributed by atoms with E-state index >= 15 is 0 Å². The zero-order valence-corrected chi connectivity index (χ0v) is 16.7. The maximum atomic E-state index is 12.8. The lowest BCUT2D eigenvalue weighted by molar-refractivity contribution is -0.118. The summed E-state index contributed by atoms with van der Waals surface area (Å²) < 4.78 is 28.4. The number of hydrogen-bond acceptors (Lipinski definition) is 5. The zero-order valence-electron chi connectivity index (χ0n) is 15.9. The molecule has 1 heterocycles. The van der Waals surface area contributed by atoms with Crippen LogP contribution in [0.15, 0.2) is 60.3 Å². The smallest absolute Gasteiger partial charge is 0.268 e. The van der Waals surface area contributed by atoms with Gasteiger partial charge in [-0.1, -0.05) is 30.3 Å². The van der Waals surface area contributed by atoms with E-state index in [2.05, 4.69) is 10.6 Å². The van der Waals surface area contributed by atoms with Crippen molar-refractivity contribution in [2.24, 2.45) is 0 Å². The number of carbonyl (C=O) groups excluding carboxylic acids is 2. The molecule has 0 saturated carbocycles. The molecule has 0 spiro atoms. The predicted molar refractivity (Wildman–Crippen MR) is 110 cm³/mol. The van der Waals surface area contributed by atoms with Crippen LogP contribution in [0.2, 0.25) is 0 Å². The molecule has 0 aliphatic carbocycles. The molecule has 0 radical (unpaired) electrons. The van der Waals surface area contributed by atoms with Crippen molar-refractivity contribution in [1.82, 2.24) is 10.6 Å². The molecule has 7 nitrogen and oxygen atoms in total. The number of carbonyl (C=O) groups is 2. The fourth-order valence-electron chi connectivity index (χ4n) is 2.98. The van der Waals surface area contributed by atoms with Gasteiger partial charge in [0.1, 0.15) is 11.4 Å².